The van der Waals surface area contributed by atoms with Gasteiger partial charge in [-0.15, -0.1) is 11.8 Å². The third-order valence-corrected chi connectivity index (χ3v) is 5.83. The molecule has 0 aliphatic carbocycles. The van der Waals surface area contributed by atoms with Crippen molar-refractivity contribution in [1.29, 1.82) is 0 Å². The monoisotopic (exact) mass is 468 g/mol. The fourth-order valence-electron chi connectivity index (χ4n) is 2.29. The van der Waals surface area contributed by atoms with Gasteiger partial charge in [-0.1, -0.05) is 12.1 Å². The van der Waals surface area contributed by atoms with Crippen LogP contribution in [0.15, 0.2) is 56.4 Å². The maximum Gasteiger partial charge on any atom is 0.357 e. The van der Waals surface area contributed by atoms with Gasteiger partial charge in [0.1, 0.15) is 5.65 Å². The summed E-state index contributed by atoms with van der Waals surface area (Å²) in [6.45, 7) is 2.13. The van der Waals surface area contributed by atoms with Crippen LogP contribution in [0.4, 0.5) is 0 Å². The van der Waals surface area contributed by atoms with E-state index in [1.807, 2.05) is 42.6 Å². The molecule has 0 N–H and O–H groups in total. The molecule has 0 fully saturated rings. The highest BCUT2D eigenvalue weighted by atomic mass is 79.9. The molecule has 3 rings (SSSR count). The first-order valence-corrected chi connectivity index (χ1v) is 9.88. The molecule has 124 valence electrons. The summed E-state index contributed by atoms with van der Waals surface area (Å²) in [6.07, 6.45) is 1.83. The first kappa shape index (κ1) is 17.5. The van der Waals surface area contributed by atoms with Gasteiger partial charge in [0, 0.05) is 25.8 Å². The number of carbonyl (C=O) groups excluding carboxylic acids is 1. The molecule has 0 radical (unpaired) electrons. The van der Waals surface area contributed by atoms with Crippen molar-refractivity contribution in [2.45, 2.75) is 17.6 Å². The highest BCUT2D eigenvalue weighted by Crippen LogP contribution is 2.31. The lowest BCUT2D eigenvalue weighted by Crippen LogP contribution is -2.10. The molecule has 2 heterocycles. The molecule has 0 unspecified atom stereocenters. The third-order valence-electron chi connectivity index (χ3n) is 3.32. The summed E-state index contributed by atoms with van der Waals surface area (Å²) < 4.78 is 8.90. The van der Waals surface area contributed by atoms with E-state index in [4.69, 9.17) is 4.74 Å². The minimum Gasteiger partial charge on any atom is -0.461 e. The van der Waals surface area contributed by atoms with Gasteiger partial charge in [-0.2, -0.15) is 0 Å². The van der Waals surface area contributed by atoms with Crippen LogP contribution < -0.4 is 0 Å². The fourth-order valence-corrected chi connectivity index (χ4v) is 4.13. The van der Waals surface area contributed by atoms with E-state index in [-0.39, 0.29) is 5.97 Å². The number of thioether (sulfide) groups is 1. The van der Waals surface area contributed by atoms with Gasteiger partial charge >= 0.3 is 5.97 Å². The highest BCUT2D eigenvalue weighted by molar-refractivity contribution is 9.10. The van der Waals surface area contributed by atoms with Gasteiger partial charge in [-0.05, 0) is 63.0 Å². The van der Waals surface area contributed by atoms with Gasteiger partial charge in [-0.25, -0.2) is 9.78 Å². The molecule has 4 nitrogen and oxygen atoms in total. The largest absolute Gasteiger partial charge is 0.461 e. The molecule has 0 aliphatic heterocycles. The predicted molar refractivity (Wildman–Crippen MR) is 103 cm³/mol. The minimum absolute atomic E-state index is 0.330. The first-order valence-electron chi connectivity index (χ1n) is 7.31. The van der Waals surface area contributed by atoms with Crippen molar-refractivity contribution in [2.75, 3.05) is 6.61 Å². The molecule has 0 aliphatic rings. The van der Waals surface area contributed by atoms with Crippen molar-refractivity contribution in [2.24, 2.45) is 0 Å². The zero-order valence-electron chi connectivity index (χ0n) is 12.8. The number of ether oxygens (including phenoxy) is 1. The normalized spacial score (nSPS) is 11.0. The molecule has 7 heteroatoms. The number of esters is 1. The topological polar surface area (TPSA) is 43.6 Å². The summed E-state index contributed by atoms with van der Waals surface area (Å²) in [7, 11) is 0. The number of rotatable bonds is 5. The Morgan fingerprint density at radius 3 is 2.79 bits per heavy atom. The van der Waals surface area contributed by atoms with Crippen molar-refractivity contribution in [3.63, 3.8) is 0 Å². The Morgan fingerprint density at radius 2 is 2.04 bits per heavy atom. The van der Waals surface area contributed by atoms with E-state index in [9.17, 15) is 4.79 Å². The molecule has 24 heavy (non-hydrogen) atoms. The number of fused-ring (bicyclic) bond motifs is 1. The van der Waals surface area contributed by atoms with Crippen molar-refractivity contribution in [3.8, 4) is 0 Å². The molecule has 0 spiro atoms. The summed E-state index contributed by atoms with van der Waals surface area (Å²) in [6, 6.07) is 11.8. The molecular weight excluding hydrogens is 456 g/mol. The van der Waals surface area contributed by atoms with Gasteiger partial charge < -0.3 is 4.74 Å². The maximum atomic E-state index is 12.4. The Bertz CT molecular complexity index is 895. The molecule has 2 aromatic heterocycles. The molecule has 0 saturated heterocycles. The molecule has 0 saturated carbocycles. The van der Waals surface area contributed by atoms with E-state index in [0.717, 1.165) is 19.5 Å². The molecule has 3 aromatic rings. The Balaban J connectivity index is 1.98. The van der Waals surface area contributed by atoms with Crippen molar-refractivity contribution < 1.29 is 9.53 Å². The summed E-state index contributed by atoms with van der Waals surface area (Å²) in [5, 5.41) is 0. The SMILES string of the molecule is CCOC(=O)c1c(CSc2ccccc2Br)nc2ccc(Br)cn12. The first-order chi connectivity index (χ1) is 11.6. The Morgan fingerprint density at radius 1 is 1.25 bits per heavy atom. The molecule has 0 atom stereocenters. The lowest BCUT2D eigenvalue weighted by Gasteiger charge is -2.06. The van der Waals surface area contributed by atoms with Gasteiger partial charge in [-0.3, -0.25) is 4.40 Å². The van der Waals surface area contributed by atoms with Crippen molar-refractivity contribution >= 4 is 55.2 Å². The van der Waals surface area contributed by atoms with E-state index < -0.39 is 0 Å². The van der Waals surface area contributed by atoms with Crippen LogP contribution in [0.1, 0.15) is 23.1 Å². The lowest BCUT2D eigenvalue weighted by molar-refractivity contribution is 0.0517. The number of aromatic nitrogens is 2. The summed E-state index contributed by atoms with van der Waals surface area (Å²) >= 11 is 8.61. The third kappa shape index (κ3) is 3.68. The van der Waals surface area contributed by atoms with Gasteiger partial charge in [0.15, 0.2) is 5.69 Å². The number of benzene rings is 1. The van der Waals surface area contributed by atoms with Crippen LogP contribution in [0.2, 0.25) is 0 Å². The summed E-state index contributed by atoms with van der Waals surface area (Å²) in [5.74, 6) is 0.224. The van der Waals surface area contributed by atoms with Crippen LogP contribution in [-0.4, -0.2) is 22.0 Å². The van der Waals surface area contributed by atoms with Crippen molar-refractivity contribution in [3.05, 3.63) is 62.9 Å². The maximum absolute atomic E-state index is 12.4. The van der Waals surface area contributed by atoms with Crippen LogP contribution in [0.3, 0.4) is 0 Å². The molecule has 1 aromatic carbocycles. The Labute approximate surface area is 160 Å². The van der Waals surface area contributed by atoms with Gasteiger partial charge in [0.05, 0.1) is 12.3 Å². The van der Waals surface area contributed by atoms with Crippen LogP contribution in [0, 0.1) is 0 Å². The second-order valence-corrected chi connectivity index (χ2v) is 7.71. The van der Waals surface area contributed by atoms with E-state index in [0.29, 0.717) is 23.7 Å². The molecule has 0 bridgehead atoms. The van der Waals surface area contributed by atoms with E-state index in [1.54, 1.807) is 23.1 Å². The van der Waals surface area contributed by atoms with Gasteiger partial charge in [0.25, 0.3) is 0 Å². The number of imidazole rings is 1. The quantitative estimate of drug-likeness (QED) is 0.374. The number of carbonyl (C=O) groups is 1. The average Bonchev–Trinajstić information content (AvgIpc) is 2.92. The number of nitrogens with zero attached hydrogens (tertiary/aromatic N) is 2. The van der Waals surface area contributed by atoms with Crippen LogP contribution >= 0.6 is 43.6 Å². The molecular formula is C17H14Br2N2O2S. The predicted octanol–water partition coefficient (Wildman–Crippen LogP) is 5.33. The average molecular weight is 470 g/mol. The smallest absolute Gasteiger partial charge is 0.357 e. The zero-order valence-corrected chi connectivity index (χ0v) is 16.8. The van der Waals surface area contributed by atoms with Gasteiger partial charge in [0.2, 0.25) is 0 Å². The fraction of sp³-hybridized carbons (Fsp3) is 0.176. The minimum atomic E-state index is -0.356. The zero-order chi connectivity index (χ0) is 17.1. The van der Waals surface area contributed by atoms with E-state index in [2.05, 4.69) is 36.8 Å². The number of pyridine rings is 1. The summed E-state index contributed by atoms with van der Waals surface area (Å²) in [5.41, 5.74) is 1.92. The van der Waals surface area contributed by atoms with E-state index in [1.165, 1.54) is 0 Å². The number of halogens is 2. The number of hydrogen-bond donors (Lipinski definition) is 0. The lowest BCUT2D eigenvalue weighted by atomic mass is 10.3. The highest BCUT2D eigenvalue weighted by Gasteiger charge is 2.21. The second-order valence-electron chi connectivity index (χ2n) is 4.92. The summed E-state index contributed by atoms with van der Waals surface area (Å²) in [4.78, 5) is 18.1. The molecule has 0 amide bonds. The van der Waals surface area contributed by atoms with Crippen LogP contribution in [0.25, 0.3) is 5.65 Å². The van der Waals surface area contributed by atoms with Crippen LogP contribution in [-0.2, 0) is 10.5 Å². The Kier molecular flexibility index (Phi) is 5.63. The van der Waals surface area contributed by atoms with E-state index >= 15 is 0 Å². The second kappa shape index (κ2) is 7.72. The standard InChI is InChI=1S/C17H14Br2N2O2S/c1-2-23-17(22)16-13(10-24-14-6-4-3-5-12(14)19)20-15-8-7-11(18)9-21(15)16/h3-9H,2,10H2,1H3. The number of hydrogen-bond acceptors (Lipinski definition) is 4. The Hall–Kier alpha value is -1.31. The van der Waals surface area contributed by atoms with Crippen LogP contribution in [0.5, 0.6) is 0 Å². The van der Waals surface area contributed by atoms with Crippen molar-refractivity contribution in [1.82, 2.24) is 9.38 Å².